The highest BCUT2D eigenvalue weighted by molar-refractivity contribution is 8.26. The van der Waals surface area contributed by atoms with Crippen molar-refractivity contribution in [2.75, 3.05) is 38.8 Å². The fraction of sp³-hybridized carbons (Fsp3) is 0.308. The number of hydrogen-bond donors (Lipinski definition) is 0. The second-order valence-electron chi connectivity index (χ2n) is 8.03. The van der Waals surface area contributed by atoms with E-state index in [4.69, 9.17) is 26.7 Å². The van der Waals surface area contributed by atoms with E-state index in [0.717, 1.165) is 5.56 Å². The Morgan fingerprint density at radius 2 is 1.83 bits per heavy atom. The summed E-state index contributed by atoms with van der Waals surface area (Å²) in [6.45, 7) is 5.79. The van der Waals surface area contributed by atoms with Crippen molar-refractivity contribution in [2.24, 2.45) is 0 Å². The molecule has 0 unspecified atom stereocenters. The highest BCUT2D eigenvalue weighted by atomic mass is 32.2. The molecule has 36 heavy (non-hydrogen) atoms. The van der Waals surface area contributed by atoms with Crippen molar-refractivity contribution in [1.29, 1.82) is 0 Å². The number of ether oxygens (including phenoxy) is 2. The van der Waals surface area contributed by atoms with E-state index in [1.165, 1.54) is 16.2 Å². The average molecular weight is 525 g/mol. The van der Waals surface area contributed by atoms with Crippen molar-refractivity contribution in [3.63, 3.8) is 0 Å². The van der Waals surface area contributed by atoms with Gasteiger partial charge in [-0.25, -0.2) is 4.98 Å². The number of hydrogen-bond acceptors (Lipinski definition) is 8. The van der Waals surface area contributed by atoms with E-state index < -0.39 is 0 Å². The van der Waals surface area contributed by atoms with Crippen LogP contribution in [0.4, 0.5) is 5.82 Å². The van der Waals surface area contributed by atoms with Crippen LogP contribution in [0.25, 0.3) is 11.7 Å². The number of rotatable bonds is 9. The van der Waals surface area contributed by atoms with Crippen LogP contribution in [0.2, 0.25) is 0 Å². The Morgan fingerprint density at radius 1 is 1.08 bits per heavy atom. The normalized spacial score (nSPS) is 14.7. The van der Waals surface area contributed by atoms with Crippen LogP contribution in [0, 0.1) is 0 Å². The molecule has 0 bridgehead atoms. The number of amides is 1. The van der Waals surface area contributed by atoms with Crippen LogP contribution in [0.15, 0.2) is 52.3 Å². The molecule has 3 heterocycles. The van der Waals surface area contributed by atoms with Crippen LogP contribution in [0.1, 0.15) is 25.0 Å². The number of fused-ring (bicyclic) bond motifs is 1. The summed E-state index contributed by atoms with van der Waals surface area (Å²) in [6, 6.07) is 11.1. The third-order valence-electron chi connectivity index (χ3n) is 6.03. The SMILES string of the molecule is CCN(CC)c1nc2ccccn2c(=O)c1C=C1SC(=S)N(CCc2ccc(OC)c(OC)c2)C1=O. The Bertz CT molecular complexity index is 1400. The van der Waals surface area contributed by atoms with Gasteiger partial charge in [-0.05, 0) is 56.2 Å². The number of aromatic nitrogens is 2. The second kappa shape index (κ2) is 11.1. The first-order chi connectivity index (χ1) is 17.4. The van der Waals surface area contributed by atoms with E-state index in [2.05, 4.69) is 0 Å². The molecule has 2 aromatic heterocycles. The molecule has 1 amide bonds. The van der Waals surface area contributed by atoms with Gasteiger partial charge in [0.15, 0.2) is 11.5 Å². The highest BCUT2D eigenvalue weighted by Gasteiger charge is 2.32. The molecule has 8 nitrogen and oxygen atoms in total. The highest BCUT2D eigenvalue weighted by Crippen LogP contribution is 2.34. The number of carbonyl (C=O) groups is 1. The molecule has 1 fully saturated rings. The maximum Gasteiger partial charge on any atom is 0.267 e. The minimum Gasteiger partial charge on any atom is -0.493 e. The Balaban J connectivity index is 1.64. The summed E-state index contributed by atoms with van der Waals surface area (Å²) in [5.41, 5.74) is 1.70. The number of anilines is 1. The predicted octanol–water partition coefficient (Wildman–Crippen LogP) is 4.00. The third kappa shape index (κ3) is 4.96. The molecule has 0 radical (unpaired) electrons. The van der Waals surface area contributed by atoms with E-state index in [-0.39, 0.29) is 11.5 Å². The summed E-state index contributed by atoms with van der Waals surface area (Å²) in [7, 11) is 3.18. The molecular weight excluding hydrogens is 496 g/mol. The van der Waals surface area contributed by atoms with Gasteiger partial charge in [-0.15, -0.1) is 0 Å². The van der Waals surface area contributed by atoms with Crippen molar-refractivity contribution in [3.8, 4) is 11.5 Å². The molecule has 10 heteroatoms. The number of thioether (sulfide) groups is 1. The van der Waals surface area contributed by atoms with E-state index in [1.807, 2.05) is 43.0 Å². The molecule has 1 saturated heterocycles. The number of methoxy groups -OCH3 is 2. The number of pyridine rings is 1. The molecule has 1 aliphatic heterocycles. The molecule has 0 saturated carbocycles. The molecule has 0 spiro atoms. The van der Waals surface area contributed by atoms with Gasteiger partial charge in [0, 0.05) is 25.8 Å². The van der Waals surface area contributed by atoms with Gasteiger partial charge < -0.3 is 14.4 Å². The summed E-state index contributed by atoms with van der Waals surface area (Å²) in [6.07, 6.45) is 3.91. The van der Waals surface area contributed by atoms with Crippen LogP contribution < -0.4 is 19.9 Å². The number of benzene rings is 1. The van der Waals surface area contributed by atoms with Crippen molar-refractivity contribution < 1.29 is 14.3 Å². The summed E-state index contributed by atoms with van der Waals surface area (Å²) in [4.78, 5) is 35.5. The molecule has 3 aromatic rings. The standard InChI is InChI=1S/C26H28N4O4S2/c1-5-28(6-2)23-18(24(31)29-13-8-7-9-22(29)27-23)16-21-25(32)30(26(35)36-21)14-12-17-10-11-19(33-3)20(15-17)34-4/h7-11,13,15-16H,5-6,12,14H2,1-4H3. The smallest absolute Gasteiger partial charge is 0.267 e. The Morgan fingerprint density at radius 3 is 2.53 bits per heavy atom. The molecule has 188 valence electrons. The second-order valence-corrected chi connectivity index (χ2v) is 9.70. The molecule has 0 aliphatic carbocycles. The van der Waals surface area contributed by atoms with Crippen LogP contribution in [0.3, 0.4) is 0 Å². The first-order valence-electron chi connectivity index (χ1n) is 11.6. The first-order valence-corrected chi connectivity index (χ1v) is 12.9. The van der Waals surface area contributed by atoms with Crippen molar-refractivity contribution >= 4 is 51.7 Å². The van der Waals surface area contributed by atoms with Gasteiger partial charge in [-0.3, -0.25) is 18.9 Å². The van der Waals surface area contributed by atoms with Crippen molar-refractivity contribution in [3.05, 3.63) is 69.0 Å². The minimum absolute atomic E-state index is 0.214. The topological polar surface area (TPSA) is 76.4 Å². The predicted molar refractivity (Wildman–Crippen MR) is 148 cm³/mol. The molecule has 1 aliphatic rings. The monoisotopic (exact) mass is 524 g/mol. The number of nitrogens with zero attached hydrogens (tertiary/aromatic N) is 4. The Hall–Kier alpha value is -3.37. The fourth-order valence-corrected chi connectivity index (χ4v) is 5.37. The van der Waals surface area contributed by atoms with E-state index in [9.17, 15) is 9.59 Å². The van der Waals surface area contributed by atoms with E-state index in [1.54, 1.807) is 43.5 Å². The van der Waals surface area contributed by atoms with Crippen LogP contribution in [-0.2, 0) is 11.2 Å². The minimum atomic E-state index is -0.224. The van der Waals surface area contributed by atoms with Crippen LogP contribution in [-0.4, -0.2) is 58.4 Å². The lowest BCUT2D eigenvalue weighted by molar-refractivity contribution is -0.122. The molecule has 4 rings (SSSR count). The Labute approximate surface area is 219 Å². The maximum atomic E-state index is 13.4. The number of carbonyl (C=O) groups excluding carboxylic acids is 1. The summed E-state index contributed by atoms with van der Waals surface area (Å²) >= 11 is 6.73. The summed E-state index contributed by atoms with van der Waals surface area (Å²) in [5, 5.41) is 0. The zero-order valence-electron chi connectivity index (χ0n) is 20.7. The zero-order valence-corrected chi connectivity index (χ0v) is 22.3. The maximum absolute atomic E-state index is 13.4. The quantitative estimate of drug-likeness (QED) is 0.307. The summed E-state index contributed by atoms with van der Waals surface area (Å²) in [5.74, 6) is 1.63. The van der Waals surface area contributed by atoms with E-state index in [0.29, 0.717) is 63.8 Å². The van der Waals surface area contributed by atoms with Crippen LogP contribution >= 0.6 is 24.0 Å². The lowest BCUT2D eigenvalue weighted by Gasteiger charge is -2.22. The van der Waals surface area contributed by atoms with Crippen molar-refractivity contribution in [1.82, 2.24) is 14.3 Å². The molecule has 0 N–H and O–H groups in total. The van der Waals surface area contributed by atoms with Gasteiger partial charge in [0.1, 0.15) is 15.8 Å². The lowest BCUT2D eigenvalue weighted by Crippen LogP contribution is -2.30. The summed E-state index contributed by atoms with van der Waals surface area (Å²) < 4.78 is 12.6. The molecular formula is C26H28N4O4S2. The van der Waals surface area contributed by atoms with Gasteiger partial charge in [0.25, 0.3) is 11.5 Å². The van der Waals surface area contributed by atoms with Crippen molar-refractivity contribution in [2.45, 2.75) is 20.3 Å². The van der Waals surface area contributed by atoms with Gasteiger partial charge >= 0.3 is 0 Å². The number of thiocarbonyl (C=S) groups is 1. The van der Waals surface area contributed by atoms with Crippen LogP contribution in [0.5, 0.6) is 11.5 Å². The van der Waals surface area contributed by atoms with E-state index >= 15 is 0 Å². The lowest BCUT2D eigenvalue weighted by atomic mass is 10.1. The fourth-order valence-electron chi connectivity index (χ4n) is 4.08. The first kappa shape index (κ1) is 25.7. The molecule has 0 atom stereocenters. The Kier molecular flexibility index (Phi) is 7.95. The van der Waals surface area contributed by atoms with Gasteiger partial charge in [-0.2, -0.15) is 0 Å². The van der Waals surface area contributed by atoms with Gasteiger partial charge in [0.2, 0.25) is 0 Å². The molecule has 1 aromatic carbocycles. The average Bonchev–Trinajstić information content (AvgIpc) is 3.17. The third-order valence-corrected chi connectivity index (χ3v) is 7.41. The largest absolute Gasteiger partial charge is 0.493 e. The van der Waals surface area contributed by atoms with Gasteiger partial charge in [-0.1, -0.05) is 36.1 Å². The van der Waals surface area contributed by atoms with Gasteiger partial charge in [0.05, 0.1) is 24.7 Å². The zero-order chi connectivity index (χ0) is 25.8.